The maximum atomic E-state index is 12.9. The van der Waals surface area contributed by atoms with Crippen LogP contribution in [0.1, 0.15) is 78.2 Å². The highest BCUT2D eigenvalue weighted by Crippen LogP contribution is 2.76. The second-order valence-electron chi connectivity index (χ2n) is 12.5. The van der Waals surface area contributed by atoms with Gasteiger partial charge in [0.25, 0.3) is 0 Å². The summed E-state index contributed by atoms with van der Waals surface area (Å²) >= 11 is 0. The first-order valence-corrected chi connectivity index (χ1v) is 12.7. The van der Waals surface area contributed by atoms with Crippen molar-refractivity contribution in [3.8, 4) is 0 Å². The molecule has 5 aliphatic rings. The number of ketones is 1. The average molecular weight is 469 g/mol. The van der Waals surface area contributed by atoms with E-state index in [0.29, 0.717) is 25.7 Å². The van der Waals surface area contributed by atoms with Crippen molar-refractivity contribution in [2.45, 2.75) is 96.6 Å². The summed E-state index contributed by atoms with van der Waals surface area (Å²) in [5.41, 5.74) is 0.603. The molecule has 3 saturated carbocycles. The zero-order valence-electron chi connectivity index (χ0n) is 20.8. The van der Waals surface area contributed by atoms with Crippen molar-refractivity contribution in [3.63, 3.8) is 0 Å². The summed E-state index contributed by atoms with van der Waals surface area (Å²) in [7, 11) is 0. The quantitative estimate of drug-likeness (QED) is 0.506. The van der Waals surface area contributed by atoms with E-state index in [1.807, 2.05) is 12.3 Å². The minimum atomic E-state index is -0.616. The number of fused-ring (bicyclic) bond motifs is 3. The van der Waals surface area contributed by atoms with Crippen molar-refractivity contribution in [1.82, 2.24) is 0 Å². The van der Waals surface area contributed by atoms with Crippen molar-refractivity contribution in [3.05, 3.63) is 35.8 Å². The average Bonchev–Trinajstić information content (AvgIpc) is 3.45. The third-order valence-corrected chi connectivity index (χ3v) is 10.6. The molecule has 6 rings (SSSR count). The number of hydrogen-bond donors (Lipinski definition) is 1. The van der Waals surface area contributed by atoms with Gasteiger partial charge in [0.1, 0.15) is 11.9 Å². The Kier molecular flexibility index (Phi) is 4.54. The van der Waals surface area contributed by atoms with Crippen LogP contribution in [0.2, 0.25) is 0 Å². The molecule has 1 saturated heterocycles. The number of carbonyl (C=O) groups is 2. The molecule has 184 valence electrons. The molecule has 0 bridgehead atoms. The number of furan rings is 1. The smallest absolute Gasteiger partial charge is 0.302 e. The minimum Gasteiger partial charge on any atom is -0.472 e. The minimum absolute atomic E-state index is 0.0265. The molecule has 4 aliphatic carbocycles. The second kappa shape index (κ2) is 6.85. The lowest BCUT2D eigenvalue weighted by atomic mass is 9.39. The highest BCUT2D eigenvalue weighted by molar-refractivity contribution is 5.83. The standard InChI is InChI=1S/C28H36O6/c1-15(29)33-19-13-26(4)18(16-8-9-32-14-16)6-7-20(26)27(5)22(31)11-21-25(2,3)34-23-10-17(30)12-28(21,23)24(19)27/h7-9,14,18-19,21-24,31H,6,10-13H2,1-5H3/t18-,19-,21-,22+,23-,24-,26-,27+,28+/m1/s1. The number of Topliss-reactive ketones (excluding diaryl/α,β-unsaturated/α-hetero) is 1. The van der Waals surface area contributed by atoms with Crippen LogP contribution in [0.4, 0.5) is 0 Å². The molecule has 1 spiro atoms. The van der Waals surface area contributed by atoms with Crippen molar-refractivity contribution in [2.75, 3.05) is 0 Å². The molecule has 1 aliphatic heterocycles. The van der Waals surface area contributed by atoms with E-state index in [1.165, 1.54) is 12.5 Å². The SMILES string of the molecule is CC(=O)O[C@@H]1C[C@@]2(C)C(=CC[C@@H]2c2ccoc2)[C@]2(C)[C@@H]1[C@]13CC(=O)C[C@H]1OC(C)(C)[C@H]3C[C@@H]2O. The highest BCUT2D eigenvalue weighted by atomic mass is 16.5. The van der Waals surface area contributed by atoms with Gasteiger partial charge in [-0.15, -0.1) is 0 Å². The van der Waals surface area contributed by atoms with E-state index in [0.717, 1.165) is 12.0 Å². The van der Waals surface area contributed by atoms with Gasteiger partial charge in [0.2, 0.25) is 0 Å². The molecular formula is C28H36O6. The molecule has 1 N–H and O–H groups in total. The number of ether oxygens (including phenoxy) is 2. The Hall–Kier alpha value is -1.92. The summed E-state index contributed by atoms with van der Waals surface area (Å²) < 4.78 is 18.2. The van der Waals surface area contributed by atoms with Crippen LogP contribution < -0.4 is 0 Å². The van der Waals surface area contributed by atoms with E-state index in [-0.39, 0.29) is 41.0 Å². The van der Waals surface area contributed by atoms with Gasteiger partial charge < -0.3 is 19.0 Å². The normalized spacial score (nSPS) is 48.5. The van der Waals surface area contributed by atoms with Gasteiger partial charge >= 0.3 is 5.97 Å². The molecule has 0 amide bonds. The molecule has 1 aromatic heterocycles. The Labute approximate surface area is 201 Å². The first-order chi connectivity index (χ1) is 15.9. The van der Waals surface area contributed by atoms with Gasteiger partial charge in [-0.3, -0.25) is 9.59 Å². The number of hydrogen-bond acceptors (Lipinski definition) is 6. The largest absolute Gasteiger partial charge is 0.472 e. The monoisotopic (exact) mass is 468 g/mol. The molecule has 0 aromatic carbocycles. The van der Waals surface area contributed by atoms with E-state index in [4.69, 9.17) is 13.9 Å². The number of aliphatic hydroxyl groups is 1. The van der Waals surface area contributed by atoms with Crippen LogP contribution >= 0.6 is 0 Å². The molecule has 6 heteroatoms. The number of esters is 1. The lowest BCUT2D eigenvalue weighted by Gasteiger charge is -2.65. The molecule has 1 aromatic rings. The Balaban J connectivity index is 1.55. The molecule has 0 unspecified atom stereocenters. The van der Waals surface area contributed by atoms with Gasteiger partial charge in [0, 0.05) is 36.5 Å². The maximum Gasteiger partial charge on any atom is 0.302 e. The summed E-state index contributed by atoms with van der Waals surface area (Å²) in [6.07, 6.45) is 7.57. The molecule has 34 heavy (non-hydrogen) atoms. The van der Waals surface area contributed by atoms with Crippen molar-refractivity contribution in [2.24, 2.45) is 28.1 Å². The fraction of sp³-hybridized carbons (Fsp3) is 0.714. The lowest BCUT2D eigenvalue weighted by Crippen LogP contribution is -2.67. The Bertz CT molecular complexity index is 1070. The van der Waals surface area contributed by atoms with Crippen LogP contribution in [0.5, 0.6) is 0 Å². The second-order valence-corrected chi connectivity index (χ2v) is 12.5. The molecule has 9 atom stereocenters. The molecule has 2 heterocycles. The fourth-order valence-corrected chi connectivity index (χ4v) is 9.70. The Morgan fingerprint density at radius 1 is 1.24 bits per heavy atom. The highest BCUT2D eigenvalue weighted by Gasteiger charge is 2.77. The van der Waals surface area contributed by atoms with Crippen LogP contribution in [0.15, 0.2) is 34.7 Å². The maximum absolute atomic E-state index is 12.9. The van der Waals surface area contributed by atoms with Crippen molar-refractivity contribution < 1.29 is 28.6 Å². The fourth-order valence-electron chi connectivity index (χ4n) is 9.70. The lowest BCUT2D eigenvalue weighted by molar-refractivity contribution is -0.205. The van der Waals surface area contributed by atoms with E-state index in [9.17, 15) is 14.7 Å². The predicted octanol–water partition coefficient (Wildman–Crippen LogP) is 4.57. The Morgan fingerprint density at radius 3 is 2.68 bits per heavy atom. The number of allylic oxidation sites excluding steroid dienone is 1. The van der Waals surface area contributed by atoms with E-state index in [1.54, 1.807) is 6.26 Å². The summed E-state index contributed by atoms with van der Waals surface area (Å²) in [4.78, 5) is 25.4. The van der Waals surface area contributed by atoms with Gasteiger partial charge in [0.15, 0.2) is 0 Å². The molecule has 6 nitrogen and oxygen atoms in total. The summed E-state index contributed by atoms with van der Waals surface area (Å²) in [5.74, 6) is -0.0576. The number of aliphatic hydroxyl groups excluding tert-OH is 1. The number of rotatable bonds is 2. The van der Waals surface area contributed by atoms with Crippen LogP contribution in [-0.2, 0) is 19.1 Å². The van der Waals surface area contributed by atoms with Crippen molar-refractivity contribution >= 4 is 11.8 Å². The van der Waals surface area contributed by atoms with Gasteiger partial charge in [0.05, 0.1) is 30.3 Å². The topological polar surface area (TPSA) is 86.0 Å². The van der Waals surface area contributed by atoms with Crippen LogP contribution in [-0.4, -0.2) is 40.8 Å². The third kappa shape index (κ3) is 2.59. The van der Waals surface area contributed by atoms with E-state index >= 15 is 0 Å². The third-order valence-electron chi connectivity index (χ3n) is 10.6. The summed E-state index contributed by atoms with van der Waals surface area (Å²) in [5, 5.41) is 11.9. The van der Waals surface area contributed by atoms with Crippen LogP contribution in [0.25, 0.3) is 0 Å². The van der Waals surface area contributed by atoms with Gasteiger partial charge in [-0.25, -0.2) is 0 Å². The van der Waals surface area contributed by atoms with E-state index < -0.39 is 28.6 Å². The van der Waals surface area contributed by atoms with Gasteiger partial charge in [-0.1, -0.05) is 25.5 Å². The molecular weight excluding hydrogens is 432 g/mol. The van der Waals surface area contributed by atoms with Crippen LogP contribution in [0.3, 0.4) is 0 Å². The first-order valence-electron chi connectivity index (χ1n) is 12.7. The zero-order valence-corrected chi connectivity index (χ0v) is 20.8. The summed E-state index contributed by atoms with van der Waals surface area (Å²) in [6.45, 7) is 10.1. The molecule has 0 radical (unpaired) electrons. The van der Waals surface area contributed by atoms with Crippen molar-refractivity contribution in [1.29, 1.82) is 0 Å². The molecule has 4 fully saturated rings. The predicted molar refractivity (Wildman–Crippen MR) is 124 cm³/mol. The van der Waals surface area contributed by atoms with Crippen LogP contribution in [0, 0.1) is 28.1 Å². The zero-order chi connectivity index (χ0) is 24.3. The Morgan fingerprint density at radius 2 is 2.00 bits per heavy atom. The van der Waals surface area contributed by atoms with Gasteiger partial charge in [-0.2, -0.15) is 0 Å². The summed E-state index contributed by atoms with van der Waals surface area (Å²) in [6, 6.07) is 2.02. The van der Waals surface area contributed by atoms with E-state index in [2.05, 4.69) is 33.8 Å². The first kappa shape index (κ1) is 22.5. The number of carbonyl (C=O) groups excluding carboxylic acids is 2. The van der Waals surface area contributed by atoms with Gasteiger partial charge in [-0.05, 0) is 62.0 Å².